The van der Waals surface area contributed by atoms with Gasteiger partial charge in [0.2, 0.25) is 0 Å². The molecule has 1 unspecified atom stereocenters. The lowest BCUT2D eigenvalue weighted by molar-refractivity contribution is -0.124. The molecule has 0 aliphatic carbocycles. The quantitative estimate of drug-likeness (QED) is 0.774. The number of ketones is 1. The minimum atomic E-state index is -0.439. The summed E-state index contributed by atoms with van der Waals surface area (Å²) in [6, 6.07) is 15.6. The highest BCUT2D eigenvalue weighted by atomic mass is 35.5. The van der Waals surface area contributed by atoms with Crippen LogP contribution >= 0.6 is 11.6 Å². The van der Waals surface area contributed by atoms with Gasteiger partial charge in [0.1, 0.15) is 5.75 Å². The molecular weight excluding hydrogens is 284 g/mol. The number of carbonyl (C=O) groups is 1. The van der Waals surface area contributed by atoms with Gasteiger partial charge < -0.3 is 4.74 Å². The summed E-state index contributed by atoms with van der Waals surface area (Å²) in [6.07, 6.45) is 0.762. The van der Waals surface area contributed by atoms with Gasteiger partial charge in [-0.3, -0.25) is 4.79 Å². The lowest BCUT2D eigenvalue weighted by atomic mass is 10.0. The molecule has 0 fully saturated rings. The van der Waals surface area contributed by atoms with Gasteiger partial charge in [-0.05, 0) is 30.7 Å². The van der Waals surface area contributed by atoms with E-state index in [0.29, 0.717) is 11.4 Å². The first-order valence-corrected chi connectivity index (χ1v) is 7.49. The zero-order valence-corrected chi connectivity index (χ0v) is 13.1. The summed E-state index contributed by atoms with van der Waals surface area (Å²) in [7, 11) is 0. The van der Waals surface area contributed by atoms with Gasteiger partial charge in [-0.2, -0.15) is 0 Å². The summed E-state index contributed by atoms with van der Waals surface area (Å²) in [5.41, 5.74) is 2.17. The molecule has 0 aliphatic rings. The van der Waals surface area contributed by atoms with Crippen molar-refractivity contribution in [3.63, 3.8) is 0 Å². The lowest BCUT2D eigenvalue weighted by Gasteiger charge is -2.16. The van der Waals surface area contributed by atoms with Crippen molar-refractivity contribution in [2.75, 3.05) is 0 Å². The summed E-state index contributed by atoms with van der Waals surface area (Å²) in [4.78, 5) is 11.7. The van der Waals surface area contributed by atoms with Crippen LogP contribution < -0.4 is 4.74 Å². The highest BCUT2D eigenvalue weighted by Crippen LogP contribution is 2.26. The van der Waals surface area contributed by atoms with E-state index in [1.165, 1.54) is 5.56 Å². The first-order chi connectivity index (χ1) is 10.1. The predicted octanol–water partition coefficient (Wildman–Crippen LogP) is 4.68. The van der Waals surface area contributed by atoms with Gasteiger partial charge in [0, 0.05) is 23.4 Å². The minimum Gasteiger partial charge on any atom is -0.483 e. The van der Waals surface area contributed by atoms with Gasteiger partial charge in [0.25, 0.3) is 0 Å². The zero-order chi connectivity index (χ0) is 15.2. The number of Topliss-reactive ketones (excluding diaryl/α,β-unsaturated/α-hetero) is 1. The highest BCUT2D eigenvalue weighted by Gasteiger charge is 2.15. The average Bonchev–Trinajstić information content (AvgIpc) is 2.50. The first-order valence-electron chi connectivity index (χ1n) is 7.12. The van der Waals surface area contributed by atoms with Crippen LogP contribution in [0.2, 0.25) is 5.02 Å². The second-order valence-corrected chi connectivity index (χ2v) is 5.43. The predicted molar refractivity (Wildman–Crippen MR) is 86.1 cm³/mol. The topological polar surface area (TPSA) is 26.3 Å². The van der Waals surface area contributed by atoms with Gasteiger partial charge in [-0.25, -0.2) is 0 Å². The molecule has 0 radical (unpaired) electrons. The summed E-state index contributed by atoms with van der Waals surface area (Å²) in [5, 5.41) is 0.669. The number of halogens is 1. The van der Waals surface area contributed by atoms with Crippen molar-refractivity contribution in [3.05, 3.63) is 64.7 Å². The summed E-state index contributed by atoms with van der Waals surface area (Å²) in [5.74, 6) is 0.813. The molecule has 21 heavy (non-hydrogen) atoms. The third kappa shape index (κ3) is 4.33. The molecule has 0 heterocycles. The largest absolute Gasteiger partial charge is 0.483 e. The molecule has 2 aromatic rings. The molecule has 110 valence electrons. The number of carbonyl (C=O) groups excluding carboxylic acids is 1. The van der Waals surface area contributed by atoms with Crippen molar-refractivity contribution in [1.29, 1.82) is 0 Å². The smallest absolute Gasteiger partial charge is 0.172 e. The Morgan fingerprint density at radius 3 is 2.57 bits per heavy atom. The maximum atomic E-state index is 11.7. The van der Waals surface area contributed by atoms with E-state index in [9.17, 15) is 4.79 Å². The number of rotatable bonds is 6. The molecule has 2 rings (SSSR count). The van der Waals surface area contributed by atoms with Crippen molar-refractivity contribution < 1.29 is 9.53 Å². The molecule has 0 aliphatic heterocycles. The van der Waals surface area contributed by atoms with Crippen molar-refractivity contribution in [1.82, 2.24) is 0 Å². The van der Waals surface area contributed by atoms with E-state index in [-0.39, 0.29) is 5.78 Å². The fraction of sp³-hybridized carbons (Fsp3) is 0.278. The van der Waals surface area contributed by atoms with Gasteiger partial charge in [0.15, 0.2) is 11.9 Å². The van der Waals surface area contributed by atoms with E-state index in [2.05, 4.69) is 12.1 Å². The van der Waals surface area contributed by atoms with E-state index in [1.807, 2.05) is 37.3 Å². The maximum absolute atomic E-state index is 11.7. The Morgan fingerprint density at radius 1 is 1.19 bits per heavy atom. The Hall–Kier alpha value is -1.80. The highest BCUT2D eigenvalue weighted by molar-refractivity contribution is 6.30. The molecule has 0 bridgehead atoms. The van der Waals surface area contributed by atoms with E-state index < -0.39 is 6.10 Å². The van der Waals surface area contributed by atoms with Crippen LogP contribution in [0.5, 0.6) is 5.75 Å². The van der Waals surface area contributed by atoms with Crippen molar-refractivity contribution in [2.24, 2.45) is 0 Å². The number of ether oxygens (including phenoxy) is 1. The molecular formula is C18H19ClO2. The van der Waals surface area contributed by atoms with E-state index in [4.69, 9.17) is 16.3 Å². The number of hydrogen-bond donors (Lipinski definition) is 0. The lowest BCUT2D eigenvalue weighted by Crippen LogP contribution is -2.23. The fourth-order valence-electron chi connectivity index (χ4n) is 2.16. The van der Waals surface area contributed by atoms with E-state index >= 15 is 0 Å². The van der Waals surface area contributed by atoms with Crippen LogP contribution in [0.4, 0.5) is 0 Å². The molecule has 2 aromatic carbocycles. The molecule has 2 nitrogen and oxygen atoms in total. The van der Waals surface area contributed by atoms with E-state index in [0.717, 1.165) is 17.7 Å². The second-order valence-electron chi connectivity index (χ2n) is 4.99. The van der Waals surface area contributed by atoms with Gasteiger partial charge in [0.05, 0.1) is 0 Å². The maximum Gasteiger partial charge on any atom is 0.172 e. The van der Waals surface area contributed by atoms with Crippen LogP contribution in [0.3, 0.4) is 0 Å². The molecule has 0 aromatic heterocycles. The third-order valence-electron chi connectivity index (χ3n) is 3.37. The van der Waals surface area contributed by atoms with Crippen LogP contribution in [0.15, 0.2) is 48.5 Å². The van der Waals surface area contributed by atoms with Crippen LogP contribution in [0.25, 0.3) is 0 Å². The molecule has 0 N–H and O–H groups in total. The van der Waals surface area contributed by atoms with Crippen LogP contribution in [-0.4, -0.2) is 11.9 Å². The zero-order valence-electron chi connectivity index (χ0n) is 12.3. The van der Waals surface area contributed by atoms with Gasteiger partial charge in [-0.1, -0.05) is 48.9 Å². The summed E-state index contributed by atoms with van der Waals surface area (Å²) >= 11 is 6.09. The Kier molecular flexibility index (Phi) is 5.40. The van der Waals surface area contributed by atoms with Crippen molar-refractivity contribution >= 4 is 17.4 Å². The van der Waals surface area contributed by atoms with Crippen LogP contribution in [0, 0.1) is 0 Å². The Morgan fingerprint density at radius 2 is 1.90 bits per heavy atom. The number of benzene rings is 2. The fourth-order valence-corrected chi connectivity index (χ4v) is 2.36. The summed E-state index contributed by atoms with van der Waals surface area (Å²) in [6.45, 7) is 3.63. The van der Waals surface area contributed by atoms with Crippen molar-refractivity contribution in [2.45, 2.75) is 32.8 Å². The molecule has 0 saturated heterocycles. The monoisotopic (exact) mass is 302 g/mol. The van der Waals surface area contributed by atoms with Gasteiger partial charge >= 0.3 is 0 Å². The molecule has 3 heteroatoms. The van der Waals surface area contributed by atoms with Crippen LogP contribution in [-0.2, 0) is 11.2 Å². The second kappa shape index (κ2) is 7.28. The summed E-state index contributed by atoms with van der Waals surface area (Å²) < 4.78 is 5.82. The molecule has 0 spiro atoms. The molecule has 0 amide bonds. The normalized spacial score (nSPS) is 12.0. The molecule has 0 saturated carbocycles. The van der Waals surface area contributed by atoms with Crippen molar-refractivity contribution in [3.8, 4) is 5.75 Å². The van der Waals surface area contributed by atoms with E-state index in [1.54, 1.807) is 13.0 Å². The Bertz CT molecular complexity index is 608. The Balaban J connectivity index is 2.23. The van der Waals surface area contributed by atoms with Gasteiger partial charge in [-0.15, -0.1) is 0 Å². The number of hydrogen-bond acceptors (Lipinski definition) is 2. The minimum absolute atomic E-state index is 0.0932. The average molecular weight is 303 g/mol. The third-order valence-corrected chi connectivity index (χ3v) is 3.60. The Labute approximate surface area is 130 Å². The first kappa shape index (κ1) is 15.6. The SMILES string of the molecule is CCC(=O)C(C)Oc1ccc(Cl)cc1Cc1ccccc1. The standard InChI is InChI=1S/C18H19ClO2/c1-3-17(20)13(2)21-18-10-9-16(19)12-15(18)11-14-7-5-4-6-8-14/h4-10,12-13H,3,11H2,1-2H3. The van der Waals surface area contributed by atoms with Crippen LogP contribution in [0.1, 0.15) is 31.4 Å². The molecule has 1 atom stereocenters.